The monoisotopic (exact) mass is 326 g/mol. The Morgan fingerprint density at radius 3 is 3.08 bits per heavy atom. The predicted molar refractivity (Wildman–Crippen MR) is 87.0 cm³/mol. The Morgan fingerprint density at radius 2 is 2.38 bits per heavy atom. The molecule has 0 bridgehead atoms. The molecule has 24 heavy (non-hydrogen) atoms. The molecule has 1 saturated carbocycles. The first-order valence-electron chi connectivity index (χ1n) is 8.02. The molecule has 1 fully saturated rings. The zero-order valence-corrected chi connectivity index (χ0v) is 13.1. The van der Waals surface area contributed by atoms with E-state index in [9.17, 15) is 4.79 Å². The normalized spacial score (nSPS) is 17.1. The van der Waals surface area contributed by atoms with Crippen LogP contribution in [0.1, 0.15) is 29.8 Å². The van der Waals surface area contributed by atoms with E-state index in [0.717, 1.165) is 37.7 Å². The van der Waals surface area contributed by atoms with Crippen molar-refractivity contribution in [2.75, 3.05) is 6.61 Å². The highest BCUT2D eigenvalue weighted by molar-refractivity contribution is 6.00. The van der Waals surface area contributed by atoms with Crippen LogP contribution in [-0.2, 0) is 6.54 Å². The Balaban J connectivity index is 1.79. The third-order valence-corrected chi connectivity index (χ3v) is 4.08. The number of fused-ring (bicyclic) bond motifs is 1. The van der Waals surface area contributed by atoms with Crippen molar-refractivity contribution in [1.82, 2.24) is 20.1 Å². The fourth-order valence-electron chi connectivity index (χ4n) is 2.75. The average Bonchev–Trinajstić information content (AvgIpc) is 3.33. The van der Waals surface area contributed by atoms with Crippen molar-refractivity contribution in [3.05, 3.63) is 29.5 Å². The molecule has 8 nitrogen and oxygen atoms in total. The van der Waals surface area contributed by atoms with Gasteiger partial charge in [-0.3, -0.25) is 10.2 Å². The number of aromatic amines is 1. The molecule has 1 aliphatic heterocycles. The maximum Gasteiger partial charge on any atom is 0.272 e. The van der Waals surface area contributed by atoms with Gasteiger partial charge in [-0.2, -0.15) is 5.10 Å². The molecular formula is C16H18N6O2. The van der Waals surface area contributed by atoms with Crippen LogP contribution < -0.4 is 15.5 Å². The predicted octanol–water partition coefficient (Wildman–Crippen LogP) is 1.06. The lowest BCUT2D eigenvalue weighted by molar-refractivity contribution is 0.0945. The van der Waals surface area contributed by atoms with Crippen LogP contribution in [0, 0.1) is 5.41 Å². The first-order valence-corrected chi connectivity index (χ1v) is 8.02. The number of amides is 1. The van der Waals surface area contributed by atoms with Gasteiger partial charge >= 0.3 is 0 Å². The van der Waals surface area contributed by atoms with Gasteiger partial charge in [-0.05, 0) is 25.0 Å². The number of ether oxygens (including phenoxy) is 1. The lowest BCUT2D eigenvalue weighted by atomic mass is 10.1. The summed E-state index contributed by atoms with van der Waals surface area (Å²) in [4.78, 5) is 19.5. The molecule has 0 saturated heterocycles. The minimum Gasteiger partial charge on any atom is -0.477 e. The van der Waals surface area contributed by atoms with Crippen molar-refractivity contribution >= 4 is 12.2 Å². The Bertz CT molecular complexity index is 841. The molecule has 3 heterocycles. The molecule has 0 aromatic carbocycles. The number of rotatable bonds is 4. The average molecular weight is 326 g/mol. The van der Waals surface area contributed by atoms with Crippen LogP contribution in [0.3, 0.4) is 0 Å². The highest BCUT2D eigenvalue weighted by atomic mass is 16.5. The van der Waals surface area contributed by atoms with Crippen LogP contribution in [0.5, 0.6) is 5.88 Å². The van der Waals surface area contributed by atoms with Crippen molar-refractivity contribution in [2.45, 2.75) is 31.8 Å². The summed E-state index contributed by atoms with van der Waals surface area (Å²) in [6, 6.07) is 3.88. The van der Waals surface area contributed by atoms with E-state index in [1.165, 1.54) is 0 Å². The standard InChI is InChI=1S/C16H18N6O2/c17-9-19-12-5-2-10(8-18-12)13-14(15(23)20-11-3-4-11)21-22-6-1-7-24-16(13)22/h2,5,8-9,11H,1,3-4,6-7H2,(H,20,23)(H2,17,18,19). The maximum atomic E-state index is 12.6. The van der Waals surface area contributed by atoms with Crippen molar-refractivity contribution in [1.29, 1.82) is 5.41 Å². The molecule has 1 aliphatic carbocycles. The molecule has 8 heteroatoms. The Kier molecular flexibility index (Phi) is 3.64. The lowest BCUT2D eigenvalue weighted by Gasteiger charge is -2.16. The second-order valence-electron chi connectivity index (χ2n) is 5.92. The van der Waals surface area contributed by atoms with Gasteiger partial charge in [0, 0.05) is 30.8 Å². The molecule has 1 amide bonds. The second kappa shape index (κ2) is 5.95. The Hall–Kier alpha value is -2.90. The van der Waals surface area contributed by atoms with E-state index >= 15 is 0 Å². The number of pyridine rings is 1. The summed E-state index contributed by atoms with van der Waals surface area (Å²) in [6.45, 7) is 1.36. The summed E-state index contributed by atoms with van der Waals surface area (Å²) in [5.41, 5.74) is 2.47. The van der Waals surface area contributed by atoms with E-state index in [-0.39, 0.29) is 11.9 Å². The minimum atomic E-state index is -0.161. The molecule has 2 aliphatic rings. The van der Waals surface area contributed by atoms with Gasteiger partial charge < -0.3 is 15.0 Å². The van der Waals surface area contributed by atoms with Crippen molar-refractivity contribution in [2.24, 2.45) is 4.99 Å². The van der Waals surface area contributed by atoms with Crippen LogP contribution in [0.4, 0.5) is 0 Å². The Labute approximate surface area is 138 Å². The maximum absolute atomic E-state index is 12.6. The lowest BCUT2D eigenvalue weighted by Crippen LogP contribution is -2.26. The summed E-state index contributed by atoms with van der Waals surface area (Å²) in [6.07, 6.45) is 5.66. The number of aryl methyl sites for hydroxylation is 1. The molecule has 4 rings (SSSR count). The molecule has 0 atom stereocenters. The summed E-state index contributed by atoms with van der Waals surface area (Å²) >= 11 is 0. The number of nitrogens with zero attached hydrogens (tertiary/aromatic N) is 3. The molecule has 2 aromatic heterocycles. The van der Waals surface area contributed by atoms with Crippen LogP contribution >= 0.6 is 0 Å². The number of hydrogen-bond donors (Lipinski definition) is 3. The van der Waals surface area contributed by atoms with Crippen molar-refractivity contribution < 1.29 is 9.53 Å². The first kappa shape index (κ1) is 14.7. The molecular weight excluding hydrogens is 308 g/mol. The largest absolute Gasteiger partial charge is 0.477 e. The topological polar surface area (TPSA) is 108 Å². The Morgan fingerprint density at radius 1 is 1.50 bits per heavy atom. The number of carbonyl (C=O) groups excluding carboxylic acids is 1. The van der Waals surface area contributed by atoms with E-state index < -0.39 is 0 Å². The first-order chi connectivity index (χ1) is 11.8. The summed E-state index contributed by atoms with van der Waals surface area (Å²) < 4.78 is 7.55. The molecule has 124 valence electrons. The number of nitrogens with one attached hydrogen (secondary N) is 3. The summed E-state index contributed by atoms with van der Waals surface area (Å²) in [5.74, 6) is 0.471. The van der Waals surface area contributed by atoms with E-state index in [4.69, 9.17) is 10.1 Å². The number of carbonyl (C=O) groups is 1. The van der Waals surface area contributed by atoms with Crippen molar-refractivity contribution in [3.63, 3.8) is 0 Å². The van der Waals surface area contributed by atoms with Crippen molar-refractivity contribution in [3.8, 4) is 17.0 Å². The fraction of sp³-hybridized carbons (Fsp3) is 0.375. The van der Waals surface area contributed by atoms with E-state index in [0.29, 0.717) is 29.2 Å². The molecule has 0 radical (unpaired) electrons. The molecule has 0 spiro atoms. The number of aromatic nitrogens is 3. The van der Waals surface area contributed by atoms with E-state index in [1.54, 1.807) is 16.9 Å². The van der Waals surface area contributed by atoms with Gasteiger partial charge in [0.25, 0.3) is 5.91 Å². The fourth-order valence-corrected chi connectivity index (χ4v) is 2.75. The van der Waals surface area contributed by atoms with Crippen LogP contribution in [0.2, 0.25) is 0 Å². The van der Waals surface area contributed by atoms with Gasteiger partial charge in [0.2, 0.25) is 5.88 Å². The van der Waals surface area contributed by atoms with E-state index in [2.05, 4.69) is 20.4 Å². The highest BCUT2D eigenvalue weighted by Crippen LogP contribution is 2.35. The minimum absolute atomic E-state index is 0.161. The molecule has 2 aromatic rings. The summed E-state index contributed by atoms with van der Waals surface area (Å²) in [5, 5.41) is 14.5. The quantitative estimate of drug-likeness (QED) is 0.577. The molecule has 3 N–H and O–H groups in total. The van der Waals surface area contributed by atoms with Gasteiger partial charge in [-0.1, -0.05) is 0 Å². The van der Waals surface area contributed by atoms with Gasteiger partial charge in [-0.15, -0.1) is 0 Å². The third-order valence-electron chi connectivity index (χ3n) is 4.08. The van der Waals surface area contributed by atoms with Crippen LogP contribution in [0.25, 0.3) is 11.1 Å². The van der Waals surface area contributed by atoms with Gasteiger partial charge in [0.05, 0.1) is 12.2 Å². The number of hydrogen-bond acceptors (Lipinski definition) is 4. The van der Waals surface area contributed by atoms with Gasteiger partial charge in [0.1, 0.15) is 11.8 Å². The SMILES string of the molecule is N=C/N=c1/ccc(-c2c(C(=O)NC3CC3)nn3c2OCCC3)c[nH]1. The van der Waals surface area contributed by atoms with Gasteiger partial charge in [0.15, 0.2) is 5.69 Å². The van der Waals surface area contributed by atoms with Crippen LogP contribution in [0.15, 0.2) is 23.3 Å². The highest BCUT2D eigenvalue weighted by Gasteiger charge is 2.30. The molecule has 0 unspecified atom stereocenters. The summed E-state index contributed by atoms with van der Waals surface area (Å²) in [7, 11) is 0. The van der Waals surface area contributed by atoms with Crippen LogP contribution in [-0.4, -0.2) is 39.7 Å². The third kappa shape index (κ3) is 2.70. The van der Waals surface area contributed by atoms with E-state index in [1.807, 2.05) is 6.07 Å². The zero-order valence-electron chi connectivity index (χ0n) is 13.1. The smallest absolute Gasteiger partial charge is 0.272 e. The zero-order chi connectivity index (χ0) is 16.5. The number of H-pyrrole nitrogens is 1. The second-order valence-corrected chi connectivity index (χ2v) is 5.92. The van der Waals surface area contributed by atoms with Gasteiger partial charge in [-0.25, -0.2) is 9.67 Å².